The molecule has 0 radical (unpaired) electrons. The van der Waals surface area contributed by atoms with Gasteiger partial charge in [-0.05, 0) is 29.7 Å². The molecule has 0 spiro atoms. The molecule has 0 fully saturated rings. The van der Waals surface area contributed by atoms with Gasteiger partial charge in [-0.3, -0.25) is 4.79 Å². The Labute approximate surface area is 153 Å². The summed E-state index contributed by atoms with van der Waals surface area (Å²) in [5.41, 5.74) is 2.65. The third-order valence-electron chi connectivity index (χ3n) is 3.70. The zero-order chi connectivity index (χ0) is 17.0. The Morgan fingerprint density at radius 1 is 0.875 bits per heavy atom. The highest BCUT2D eigenvalue weighted by Crippen LogP contribution is 2.26. The molecule has 0 heterocycles. The monoisotopic (exact) mass is 360 g/mol. The van der Waals surface area contributed by atoms with Gasteiger partial charge in [-0.1, -0.05) is 60.7 Å². The van der Waals surface area contributed by atoms with E-state index in [0.29, 0.717) is 5.25 Å². The lowest BCUT2D eigenvalue weighted by atomic mass is 10.2. The van der Waals surface area contributed by atoms with E-state index in [2.05, 4.69) is 48.5 Å². The van der Waals surface area contributed by atoms with Crippen LogP contribution in [0.25, 0.3) is 0 Å². The molecule has 128 valence electrons. The first-order valence-corrected chi connectivity index (χ1v) is 10.4. The summed E-state index contributed by atoms with van der Waals surface area (Å²) in [7, 11) is 0. The van der Waals surface area contributed by atoms with Gasteiger partial charge in [0.15, 0.2) is 0 Å². The number of carbonyl (C=O) groups is 1. The van der Waals surface area contributed by atoms with Crippen LogP contribution in [0.1, 0.15) is 30.4 Å². The van der Waals surface area contributed by atoms with Crippen LogP contribution in [0.5, 0.6) is 0 Å². The summed E-state index contributed by atoms with van der Waals surface area (Å²) in [4.78, 5) is 10.9. The van der Waals surface area contributed by atoms with Crippen LogP contribution in [0.15, 0.2) is 60.7 Å². The maximum atomic E-state index is 10.9. The van der Waals surface area contributed by atoms with E-state index in [0.717, 1.165) is 30.1 Å². The molecule has 0 amide bonds. The standard InChI is InChI=1S/C20H24O2S2/c21-20(22)12-11-19(24-16-18-9-5-2-6-10-18)13-14-23-15-17-7-3-1-4-8-17/h1-10,19H,11-16H2,(H,21,22)/t19-/m0/s1. The van der Waals surface area contributed by atoms with E-state index in [-0.39, 0.29) is 6.42 Å². The number of aliphatic carboxylic acids is 1. The van der Waals surface area contributed by atoms with E-state index >= 15 is 0 Å². The Bertz CT molecular complexity index is 587. The molecule has 0 saturated heterocycles. The van der Waals surface area contributed by atoms with Crippen molar-refractivity contribution < 1.29 is 9.90 Å². The minimum atomic E-state index is -0.697. The summed E-state index contributed by atoms with van der Waals surface area (Å²) in [5.74, 6) is 2.35. The van der Waals surface area contributed by atoms with Crippen molar-refractivity contribution in [2.75, 3.05) is 5.75 Å². The molecule has 0 aliphatic heterocycles. The number of carboxylic acid groups (broad SMARTS) is 1. The summed E-state index contributed by atoms with van der Waals surface area (Å²) < 4.78 is 0. The topological polar surface area (TPSA) is 37.3 Å². The molecule has 2 nitrogen and oxygen atoms in total. The van der Waals surface area contributed by atoms with Crippen molar-refractivity contribution in [3.63, 3.8) is 0 Å². The Hall–Kier alpha value is -1.39. The van der Waals surface area contributed by atoms with Gasteiger partial charge in [0.05, 0.1) is 0 Å². The highest BCUT2D eigenvalue weighted by molar-refractivity contribution is 7.99. The van der Waals surface area contributed by atoms with Gasteiger partial charge in [0.1, 0.15) is 0 Å². The summed E-state index contributed by atoms with van der Waals surface area (Å²) in [6, 6.07) is 20.9. The van der Waals surface area contributed by atoms with Crippen molar-refractivity contribution >= 4 is 29.5 Å². The van der Waals surface area contributed by atoms with Crippen LogP contribution >= 0.6 is 23.5 Å². The van der Waals surface area contributed by atoms with Crippen molar-refractivity contribution in [1.29, 1.82) is 0 Å². The molecule has 0 bridgehead atoms. The quantitative estimate of drug-likeness (QED) is 0.539. The Kier molecular flexibility index (Phi) is 8.85. The van der Waals surface area contributed by atoms with Crippen molar-refractivity contribution in [3.8, 4) is 0 Å². The Morgan fingerprint density at radius 3 is 2.04 bits per heavy atom. The Balaban J connectivity index is 1.74. The molecule has 0 aromatic heterocycles. The van der Waals surface area contributed by atoms with Crippen LogP contribution in [0, 0.1) is 0 Å². The van der Waals surface area contributed by atoms with Crippen LogP contribution in [0.3, 0.4) is 0 Å². The summed E-state index contributed by atoms with van der Waals surface area (Å²) in [6.45, 7) is 0. The zero-order valence-corrected chi connectivity index (χ0v) is 15.4. The fourth-order valence-corrected chi connectivity index (χ4v) is 4.73. The average molecular weight is 361 g/mol. The van der Waals surface area contributed by atoms with Gasteiger partial charge in [0.2, 0.25) is 0 Å². The first-order valence-electron chi connectivity index (χ1n) is 8.23. The predicted molar refractivity (Wildman–Crippen MR) is 106 cm³/mol. The van der Waals surface area contributed by atoms with Gasteiger partial charge in [0.25, 0.3) is 0 Å². The predicted octanol–water partition coefficient (Wildman–Crippen LogP) is 5.48. The Morgan fingerprint density at radius 2 is 1.46 bits per heavy atom. The molecule has 1 atom stereocenters. The van der Waals surface area contributed by atoms with Crippen molar-refractivity contribution in [1.82, 2.24) is 0 Å². The molecule has 1 N–H and O–H groups in total. The summed E-state index contributed by atoms with van der Waals surface area (Å²) in [5, 5.41) is 9.36. The van der Waals surface area contributed by atoms with Crippen LogP contribution < -0.4 is 0 Å². The lowest BCUT2D eigenvalue weighted by Gasteiger charge is -2.15. The van der Waals surface area contributed by atoms with E-state index in [4.69, 9.17) is 5.11 Å². The van der Waals surface area contributed by atoms with Crippen molar-refractivity contribution in [3.05, 3.63) is 71.8 Å². The van der Waals surface area contributed by atoms with Crippen LogP contribution in [0.2, 0.25) is 0 Å². The maximum Gasteiger partial charge on any atom is 0.303 e. The lowest BCUT2D eigenvalue weighted by molar-refractivity contribution is -0.137. The number of carboxylic acids is 1. The number of hydrogen-bond acceptors (Lipinski definition) is 3. The molecule has 4 heteroatoms. The number of thioether (sulfide) groups is 2. The smallest absolute Gasteiger partial charge is 0.303 e. The second-order valence-electron chi connectivity index (χ2n) is 5.68. The molecular formula is C20H24O2S2. The largest absolute Gasteiger partial charge is 0.481 e. The average Bonchev–Trinajstić information content (AvgIpc) is 2.62. The SMILES string of the molecule is O=C(O)CC[C@@H](CCSCc1ccccc1)SCc1ccccc1. The highest BCUT2D eigenvalue weighted by atomic mass is 32.2. The van der Waals surface area contributed by atoms with E-state index in [9.17, 15) is 4.79 Å². The number of rotatable bonds is 11. The number of benzene rings is 2. The molecule has 0 saturated carbocycles. The first kappa shape index (κ1) is 18.9. The van der Waals surface area contributed by atoms with Gasteiger partial charge in [-0.15, -0.1) is 0 Å². The van der Waals surface area contributed by atoms with Gasteiger partial charge in [-0.2, -0.15) is 23.5 Å². The molecule has 0 unspecified atom stereocenters. The summed E-state index contributed by atoms with van der Waals surface area (Å²) >= 11 is 3.82. The van der Waals surface area contributed by atoms with E-state index in [1.807, 2.05) is 35.7 Å². The molecule has 2 aromatic rings. The minimum Gasteiger partial charge on any atom is -0.481 e. The second-order valence-corrected chi connectivity index (χ2v) is 8.07. The van der Waals surface area contributed by atoms with E-state index in [1.54, 1.807) is 0 Å². The van der Waals surface area contributed by atoms with Crippen molar-refractivity contribution in [2.24, 2.45) is 0 Å². The van der Waals surface area contributed by atoms with Gasteiger partial charge < -0.3 is 5.11 Å². The van der Waals surface area contributed by atoms with Crippen molar-refractivity contribution in [2.45, 2.75) is 36.0 Å². The highest BCUT2D eigenvalue weighted by Gasteiger charge is 2.12. The summed E-state index contributed by atoms with van der Waals surface area (Å²) in [6.07, 6.45) is 2.07. The fraction of sp³-hybridized carbons (Fsp3) is 0.350. The third-order valence-corrected chi connectivity index (χ3v) is 6.21. The molecule has 0 aliphatic rings. The molecule has 0 aliphatic carbocycles. The number of hydrogen-bond donors (Lipinski definition) is 1. The van der Waals surface area contributed by atoms with E-state index < -0.39 is 5.97 Å². The van der Waals surface area contributed by atoms with Gasteiger partial charge in [-0.25, -0.2) is 0 Å². The first-order chi connectivity index (χ1) is 11.7. The van der Waals surface area contributed by atoms with Crippen LogP contribution in [-0.4, -0.2) is 22.1 Å². The van der Waals surface area contributed by atoms with Gasteiger partial charge in [0, 0.05) is 23.2 Å². The van der Waals surface area contributed by atoms with Crippen LogP contribution in [-0.2, 0) is 16.3 Å². The molecule has 2 rings (SSSR count). The molecular weight excluding hydrogens is 336 g/mol. The maximum absolute atomic E-state index is 10.9. The molecule has 24 heavy (non-hydrogen) atoms. The molecule has 2 aromatic carbocycles. The lowest BCUT2D eigenvalue weighted by Crippen LogP contribution is -2.08. The van der Waals surface area contributed by atoms with Gasteiger partial charge >= 0.3 is 5.97 Å². The third kappa shape index (κ3) is 7.93. The normalized spacial score (nSPS) is 12.0. The second kappa shape index (κ2) is 11.2. The zero-order valence-electron chi connectivity index (χ0n) is 13.8. The van der Waals surface area contributed by atoms with E-state index in [1.165, 1.54) is 11.1 Å². The van der Waals surface area contributed by atoms with Crippen LogP contribution in [0.4, 0.5) is 0 Å². The fourth-order valence-electron chi connectivity index (χ4n) is 2.36. The minimum absolute atomic E-state index is 0.260.